The summed E-state index contributed by atoms with van der Waals surface area (Å²) in [6, 6.07) is 3.30. The second kappa shape index (κ2) is 9.57. The molecule has 9 nitrogen and oxygen atoms in total. The predicted molar refractivity (Wildman–Crippen MR) is 152 cm³/mol. The van der Waals surface area contributed by atoms with E-state index in [9.17, 15) is 24.3 Å². The molecule has 2 atom stereocenters. The van der Waals surface area contributed by atoms with Crippen LogP contribution >= 0.6 is 0 Å². The van der Waals surface area contributed by atoms with E-state index < -0.39 is 19.9 Å². The van der Waals surface area contributed by atoms with E-state index in [0.717, 1.165) is 22.1 Å². The Bertz CT molecular complexity index is 1710. The lowest BCUT2D eigenvalue weighted by molar-refractivity contribution is -0.172. The highest BCUT2D eigenvalue weighted by molar-refractivity contribution is 6.69. The number of halogens is 1. The van der Waals surface area contributed by atoms with Gasteiger partial charge in [0, 0.05) is 29.0 Å². The van der Waals surface area contributed by atoms with Crippen LogP contribution in [0.3, 0.4) is 0 Å². The number of aryl methyl sites for hydroxylation is 1. The highest BCUT2D eigenvalue weighted by Crippen LogP contribution is 2.46. The zero-order chi connectivity index (χ0) is 29.4. The molecule has 0 spiro atoms. The molecular formula is C30H34FN3O6Si. The van der Waals surface area contributed by atoms with Gasteiger partial charge in [-0.15, -0.1) is 0 Å². The highest BCUT2D eigenvalue weighted by atomic mass is 28.4. The number of nitrogens with zero attached hydrogens (tertiary/aromatic N) is 2. The standard InChI is InChI=1S/C30H34FN3O6Si/c1-5-30(38)19-11-23-27-17(13-34(23)28(36)18(19)14-40-29(30)37)26-21(32-24(35)7-6-10-41(3,4)39)9-8-16-15(2)20(31)12-22(33-27)25(16)26/h11-12,21,38-39H,5-10,13-14H2,1-4H3,(H,32,35)/t21-,30-/m0/s1. The number of pyridine rings is 2. The van der Waals surface area contributed by atoms with Gasteiger partial charge in [-0.3, -0.25) is 9.59 Å². The number of nitrogens with one attached hydrogen (secondary N) is 1. The Hall–Kier alpha value is -3.41. The molecule has 0 saturated heterocycles. The fraction of sp³-hybridized carbons (Fsp3) is 0.467. The second-order valence-corrected chi connectivity index (χ2v) is 16.3. The van der Waals surface area contributed by atoms with Crippen molar-refractivity contribution in [2.24, 2.45) is 0 Å². The molecule has 3 aliphatic rings. The van der Waals surface area contributed by atoms with Crippen molar-refractivity contribution in [3.63, 3.8) is 0 Å². The molecule has 3 aromatic rings. The van der Waals surface area contributed by atoms with Gasteiger partial charge in [-0.05, 0) is 74.5 Å². The molecule has 6 rings (SSSR count). The SMILES string of the molecule is CC[C@@]1(O)C(=O)OCc2c1cc1n(c2=O)Cc2c-1nc1cc(F)c(C)c3c1c2[C@@H](NC(=O)CCC[Si](C)(C)O)CC3. The number of carbonyl (C=O) groups is 2. The van der Waals surface area contributed by atoms with Gasteiger partial charge in [0.25, 0.3) is 5.56 Å². The third kappa shape index (κ3) is 4.33. The number of cyclic esters (lactones) is 1. The molecule has 11 heteroatoms. The van der Waals surface area contributed by atoms with E-state index in [-0.39, 0.29) is 60.4 Å². The lowest BCUT2D eigenvalue weighted by Crippen LogP contribution is -2.44. The number of carbonyl (C=O) groups excluding carboxylic acids is 2. The van der Waals surface area contributed by atoms with Crippen molar-refractivity contribution >= 4 is 31.1 Å². The molecule has 4 heterocycles. The third-order valence-electron chi connectivity index (χ3n) is 8.91. The first kappa shape index (κ1) is 27.7. The number of rotatable bonds is 6. The fourth-order valence-corrected chi connectivity index (χ4v) is 7.69. The van der Waals surface area contributed by atoms with Crippen molar-refractivity contribution in [3.8, 4) is 11.4 Å². The zero-order valence-corrected chi connectivity index (χ0v) is 24.7. The van der Waals surface area contributed by atoms with E-state index in [2.05, 4.69) is 5.32 Å². The summed E-state index contributed by atoms with van der Waals surface area (Å²) < 4.78 is 21.8. The normalized spacial score (nSPS) is 20.9. The molecule has 41 heavy (non-hydrogen) atoms. The number of aliphatic hydroxyl groups is 1. The quantitative estimate of drug-likeness (QED) is 0.235. The molecule has 2 aromatic heterocycles. The summed E-state index contributed by atoms with van der Waals surface area (Å²) in [7, 11) is -2.26. The molecule has 0 unspecified atom stereocenters. The molecule has 1 aromatic carbocycles. The average Bonchev–Trinajstić information content (AvgIpc) is 3.28. The van der Waals surface area contributed by atoms with E-state index in [1.54, 1.807) is 24.5 Å². The highest BCUT2D eigenvalue weighted by Gasteiger charge is 2.46. The van der Waals surface area contributed by atoms with Gasteiger partial charge in [0.2, 0.25) is 5.91 Å². The van der Waals surface area contributed by atoms with Crippen molar-refractivity contribution in [2.45, 2.75) is 89.9 Å². The van der Waals surface area contributed by atoms with Crippen LogP contribution in [0.25, 0.3) is 22.3 Å². The lowest BCUT2D eigenvalue weighted by Gasteiger charge is -2.31. The Morgan fingerprint density at radius 1 is 1.27 bits per heavy atom. The summed E-state index contributed by atoms with van der Waals surface area (Å²) in [5.74, 6) is -1.29. The van der Waals surface area contributed by atoms with E-state index >= 15 is 4.39 Å². The van der Waals surface area contributed by atoms with E-state index in [1.807, 2.05) is 13.1 Å². The fourth-order valence-electron chi connectivity index (χ4n) is 6.65. The van der Waals surface area contributed by atoms with Gasteiger partial charge in [0.1, 0.15) is 12.4 Å². The maximum atomic E-state index is 15.1. The van der Waals surface area contributed by atoms with Crippen LogP contribution in [0.4, 0.5) is 4.39 Å². The van der Waals surface area contributed by atoms with Crippen LogP contribution in [0.15, 0.2) is 16.9 Å². The summed E-state index contributed by atoms with van der Waals surface area (Å²) in [4.78, 5) is 54.3. The molecule has 216 valence electrons. The van der Waals surface area contributed by atoms with Crippen LogP contribution in [0.1, 0.15) is 72.0 Å². The first-order chi connectivity index (χ1) is 19.3. The van der Waals surface area contributed by atoms with Crippen LogP contribution in [0.2, 0.25) is 19.1 Å². The number of hydrogen-bond donors (Lipinski definition) is 3. The Morgan fingerprint density at radius 3 is 2.73 bits per heavy atom. The van der Waals surface area contributed by atoms with Crippen molar-refractivity contribution in [2.75, 3.05) is 0 Å². The number of benzene rings is 1. The van der Waals surface area contributed by atoms with Crippen molar-refractivity contribution in [1.82, 2.24) is 14.9 Å². The number of hydrogen-bond acceptors (Lipinski definition) is 7. The number of ether oxygens (including phenoxy) is 1. The molecule has 0 radical (unpaired) electrons. The maximum absolute atomic E-state index is 15.1. The van der Waals surface area contributed by atoms with Crippen molar-refractivity contribution in [3.05, 3.63) is 61.7 Å². The summed E-state index contributed by atoms with van der Waals surface area (Å²) in [6.07, 6.45) is 2.04. The average molecular weight is 580 g/mol. The van der Waals surface area contributed by atoms with Crippen LogP contribution in [-0.2, 0) is 39.5 Å². The summed E-state index contributed by atoms with van der Waals surface area (Å²) in [5.41, 5.74) is 2.48. The maximum Gasteiger partial charge on any atom is 0.343 e. The monoisotopic (exact) mass is 579 g/mol. The topological polar surface area (TPSA) is 131 Å². The Balaban J connectivity index is 1.51. The molecule has 0 bridgehead atoms. The number of amides is 1. The van der Waals surface area contributed by atoms with E-state index in [1.165, 1.54) is 6.07 Å². The molecule has 2 aliphatic heterocycles. The minimum atomic E-state index is -2.26. The molecular weight excluding hydrogens is 545 g/mol. The van der Waals surface area contributed by atoms with Crippen LogP contribution < -0.4 is 10.9 Å². The molecule has 3 N–H and O–H groups in total. The summed E-state index contributed by atoms with van der Waals surface area (Å²) in [5, 5.41) is 15.2. The van der Waals surface area contributed by atoms with Gasteiger partial charge >= 0.3 is 5.97 Å². The van der Waals surface area contributed by atoms with Crippen LogP contribution in [-0.4, -0.2) is 39.6 Å². The molecule has 1 amide bonds. The Morgan fingerprint density at radius 2 is 2.02 bits per heavy atom. The predicted octanol–water partition coefficient (Wildman–Crippen LogP) is 3.61. The third-order valence-corrected chi connectivity index (χ3v) is 10.5. The number of esters is 1. The van der Waals surface area contributed by atoms with Crippen molar-refractivity contribution < 1.29 is 28.6 Å². The first-order valence-electron chi connectivity index (χ1n) is 14.2. The largest absolute Gasteiger partial charge is 0.458 e. The van der Waals surface area contributed by atoms with Gasteiger partial charge in [-0.1, -0.05) is 6.92 Å². The minimum Gasteiger partial charge on any atom is -0.458 e. The molecule has 1 aliphatic carbocycles. The van der Waals surface area contributed by atoms with Gasteiger partial charge in [0.15, 0.2) is 13.9 Å². The van der Waals surface area contributed by atoms with E-state index in [4.69, 9.17) is 9.72 Å². The van der Waals surface area contributed by atoms with Gasteiger partial charge in [-0.25, -0.2) is 14.2 Å². The molecule has 0 saturated carbocycles. The summed E-state index contributed by atoms with van der Waals surface area (Å²) in [6.45, 7) is 7.06. The smallest absolute Gasteiger partial charge is 0.343 e. The Labute approximate surface area is 237 Å². The zero-order valence-electron chi connectivity index (χ0n) is 23.7. The number of fused-ring (bicyclic) bond motifs is 5. The minimum absolute atomic E-state index is 0.0306. The van der Waals surface area contributed by atoms with E-state index in [0.29, 0.717) is 47.8 Å². The van der Waals surface area contributed by atoms with Crippen molar-refractivity contribution in [1.29, 1.82) is 0 Å². The van der Waals surface area contributed by atoms with Crippen LogP contribution in [0, 0.1) is 12.7 Å². The van der Waals surface area contributed by atoms with Crippen LogP contribution in [0.5, 0.6) is 0 Å². The number of aromatic nitrogens is 2. The summed E-state index contributed by atoms with van der Waals surface area (Å²) >= 11 is 0. The van der Waals surface area contributed by atoms with Gasteiger partial charge in [-0.2, -0.15) is 0 Å². The first-order valence-corrected chi connectivity index (χ1v) is 17.3. The lowest BCUT2D eigenvalue weighted by atomic mass is 9.81. The van der Waals surface area contributed by atoms with Gasteiger partial charge in [0.05, 0.1) is 35.1 Å². The molecule has 0 fully saturated rings. The second-order valence-electron chi connectivity index (χ2n) is 12.1. The Kier molecular flexibility index (Phi) is 6.47. The van der Waals surface area contributed by atoms with Gasteiger partial charge < -0.3 is 24.5 Å².